The smallest absolute Gasteiger partial charge is 0.0490 e. The zero-order valence-corrected chi connectivity index (χ0v) is 8.22. The van der Waals surface area contributed by atoms with E-state index in [9.17, 15) is 0 Å². The van der Waals surface area contributed by atoms with Crippen LogP contribution in [0.5, 0.6) is 0 Å². The van der Waals surface area contributed by atoms with E-state index in [2.05, 4.69) is 6.07 Å². The molecule has 1 aliphatic carbocycles. The van der Waals surface area contributed by atoms with Gasteiger partial charge < -0.3 is 5.11 Å². The maximum Gasteiger partial charge on any atom is 0.0490 e. The molecule has 0 aliphatic heterocycles. The van der Waals surface area contributed by atoms with Gasteiger partial charge in [-0.1, -0.05) is 23.7 Å². The van der Waals surface area contributed by atoms with Gasteiger partial charge in [0.1, 0.15) is 0 Å². The Labute approximate surface area is 83.3 Å². The monoisotopic (exact) mass is 196 g/mol. The van der Waals surface area contributed by atoms with E-state index in [1.807, 2.05) is 18.2 Å². The minimum atomic E-state index is 0.185. The van der Waals surface area contributed by atoms with Gasteiger partial charge in [-0.05, 0) is 42.4 Å². The van der Waals surface area contributed by atoms with Crippen LogP contribution in [0.1, 0.15) is 18.4 Å². The molecule has 0 heterocycles. The van der Waals surface area contributed by atoms with Gasteiger partial charge in [-0.25, -0.2) is 0 Å². The van der Waals surface area contributed by atoms with E-state index in [4.69, 9.17) is 16.7 Å². The summed E-state index contributed by atoms with van der Waals surface area (Å²) >= 11 is 5.87. The first kappa shape index (κ1) is 9.04. The molecule has 1 aliphatic rings. The number of hydrogen-bond acceptors (Lipinski definition) is 1. The second-order valence-electron chi connectivity index (χ2n) is 3.96. The van der Waals surface area contributed by atoms with Gasteiger partial charge >= 0.3 is 0 Å². The highest BCUT2D eigenvalue weighted by molar-refractivity contribution is 6.30. The molecule has 0 aromatic heterocycles. The van der Waals surface area contributed by atoms with Crippen molar-refractivity contribution in [2.24, 2.45) is 5.41 Å². The number of aliphatic hydroxyl groups excluding tert-OH is 1. The molecule has 1 N–H and O–H groups in total. The van der Waals surface area contributed by atoms with E-state index in [1.165, 1.54) is 5.56 Å². The Morgan fingerprint density at radius 2 is 2.15 bits per heavy atom. The quantitative estimate of drug-likeness (QED) is 0.788. The van der Waals surface area contributed by atoms with Crippen molar-refractivity contribution in [1.29, 1.82) is 0 Å². The molecule has 1 aromatic carbocycles. The minimum Gasteiger partial charge on any atom is -0.396 e. The van der Waals surface area contributed by atoms with Crippen LogP contribution in [-0.2, 0) is 6.42 Å². The summed E-state index contributed by atoms with van der Waals surface area (Å²) in [5, 5.41) is 9.94. The number of halogens is 1. The van der Waals surface area contributed by atoms with Crippen molar-refractivity contribution in [3.05, 3.63) is 34.9 Å². The average molecular weight is 197 g/mol. The van der Waals surface area contributed by atoms with Crippen LogP contribution in [0, 0.1) is 5.41 Å². The lowest BCUT2D eigenvalue weighted by Gasteiger charge is -2.10. The highest BCUT2D eigenvalue weighted by atomic mass is 35.5. The standard InChI is InChI=1S/C11H13ClO/c12-10-3-1-2-9(6-10)7-11(8-13)4-5-11/h1-3,6,13H,4-5,7-8H2. The fraction of sp³-hybridized carbons (Fsp3) is 0.455. The van der Waals surface area contributed by atoms with Gasteiger partial charge in [0.2, 0.25) is 0 Å². The van der Waals surface area contributed by atoms with Crippen molar-refractivity contribution >= 4 is 11.6 Å². The van der Waals surface area contributed by atoms with Crippen molar-refractivity contribution in [3.8, 4) is 0 Å². The number of rotatable bonds is 3. The summed E-state index contributed by atoms with van der Waals surface area (Å²) in [5.41, 5.74) is 1.42. The fourth-order valence-corrected chi connectivity index (χ4v) is 1.86. The van der Waals surface area contributed by atoms with Crippen molar-refractivity contribution in [3.63, 3.8) is 0 Å². The Kier molecular flexibility index (Phi) is 2.31. The molecule has 1 aromatic rings. The van der Waals surface area contributed by atoms with Gasteiger partial charge in [0.15, 0.2) is 0 Å². The molecular formula is C11H13ClO. The first-order valence-corrected chi connectivity index (χ1v) is 4.97. The van der Waals surface area contributed by atoms with Gasteiger partial charge in [-0.2, -0.15) is 0 Å². The molecule has 0 radical (unpaired) electrons. The topological polar surface area (TPSA) is 20.2 Å². The summed E-state index contributed by atoms with van der Waals surface area (Å²) in [6, 6.07) is 7.90. The molecule has 1 saturated carbocycles. The van der Waals surface area contributed by atoms with Crippen LogP contribution in [-0.4, -0.2) is 11.7 Å². The lowest BCUT2D eigenvalue weighted by atomic mass is 9.98. The molecule has 0 amide bonds. The van der Waals surface area contributed by atoms with E-state index in [-0.39, 0.29) is 5.41 Å². The Morgan fingerprint density at radius 1 is 1.38 bits per heavy atom. The average Bonchev–Trinajstić information content (AvgIpc) is 2.86. The Bertz CT molecular complexity index is 305. The van der Waals surface area contributed by atoms with Gasteiger partial charge in [0.25, 0.3) is 0 Å². The van der Waals surface area contributed by atoms with Gasteiger partial charge in [0.05, 0.1) is 0 Å². The number of benzene rings is 1. The predicted molar refractivity (Wildman–Crippen MR) is 53.9 cm³/mol. The Hall–Kier alpha value is -0.530. The Morgan fingerprint density at radius 3 is 2.69 bits per heavy atom. The van der Waals surface area contributed by atoms with Gasteiger partial charge in [0, 0.05) is 11.6 Å². The molecule has 0 spiro atoms. The third-order valence-electron chi connectivity index (χ3n) is 2.76. The zero-order valence-electron chi connectivity index (χ0n) is 7.46. The first-order chi connectivity index (χ1) is 6.24. The molecule has 2 rings (SSSR count). The third kappa shape index (κ3) is 2.04. The zero-order chi connectivity index (χ0) is 9.31. The third-order valence-corrected chi connectivity index (χ3v) is 3.00. The molecule has 2 heteroatoms. The van der Waals surface area contributed by atoms with Crippen molar-refractivity contribution in [1.82, 2.24) is 0 Å². The Balaban J connectivity index is 2.09. The van der Waals surface area contributed by atoms with Gasteiger partial charge in [-0.15, -0.1) is 0 Å². The molecule has 0 unspecified atom stereocenters. The second-order valence-corrected chi connectivity index (χ2v) is 4.40. The van der Waals surface area contributed by atoms with Crippen LogP contribution in [0.4, 0.5) is 0 Å². The molecule has 0 atom stereocenters. The van der Waals surface area contributed by atoms with E-state index < -0.39 is 0 Å². The number of hydrogen-bond donors (Lipinski definition) is 1. The van der Waals surface area contributed by atoms with Gasteiger partial charge in [-0.3, -0.25) is 0 Å². The van der Waals surface area contributed by atoms with Crippen LogP contribution >= 0.6 is 11.6 Å². The lowest BCUT2D eigenvalue weighted by Crippen LogP contribution is -2.09. The molecule has 13 heavy (non-hydrogen) atoms. The summed E-state index contributed by atoms with van der Waals surface area (Å²) in [7, 11) is 0. The summed E-state index contributed by atoms with van der Waals surface area (Å²) in [5.74, 6) is 0. The van der Waals surface area contributed by atoms with E-state index >= 15 is 0 Å². The predicted octanol–water partition coefficient (Wildman–Crippen LogP) is 2.66. The molecular weight excluding hydrogens is 184 g/mol. The van der Waals surface area contributed by atoms with Crippen LogP contribution in [0.2, 0.25) is 5.02 Å². The molecule has 70 valence electrons. The SMILES string of the molecule is OCC1(Cc2cccc(Cl)c2)CC1. The summed E-state index contributed by atoms with van der Waals surface area (Å²) < 4.78 is 0. The molecule has 1 fully saturated rings. The normalized spacial score (nSPS) is 18.6. The molecule has 0 bridgehead atoms. The summed E-state index contributed by atoms with van der Waals surface area (Å²) in [4.78, 5) is 0. The van der Waals surface area contributed by atoms with Crippen molar-refractivity contribution in [2.75, 3.05) is 6.61 Å². The van der Waals surface area contributed by atoms with Crippen molar-refractivity contribution < 1.29 is 5.11 Å². The maximum atomic E-state index is 9.15. The molecule has 0 saturated heterocycles. The highest BCUT2D eigenvalue weighted by Crippen LogP contribution is 2.47. The van der Waals surface area contributed by atoms with Crippen LogP contribution in [0.25, 0.3) is 0 Å². The largest absolute Gasteiger partial charge is 0.396 e. The summed E-state index contributed by atoms with van der Waals surface area (Å²) in [6.07, 6.45) is 3.26. The molecule has 1 nitrogen and oxygen atoms in total. The maximum absolute atomic E-state index is 9.15. The van der Waals surface area contributed by atoms with Crippen LogP contribution in [0.3, 0.4) is 0 Å². The van der Waals surface area contributed by atoms with E-state index in [0.717, 1.165) is 24.3 Å². The number of aliphatic hydroxyl groups is 1. The second kappa shape index (κ2) is 3.32. The summed E-state index contributed by atoms with van der Waals surface area (Å²) in [6.45, 7) is 0.305. The lowest BCUT2D eigenvalue weighted by molar-refractivity contribution is 0.211. The first-order valence-electron chi connectivity index (χ1n) is 4.59. The minimum absolute atomic E-state index is 0.185. The van der Waals surface area contributed by atoms with Crippen LogP contribution < -0.4 is 0 Å². The van der Waals surface area contributed by atoms with E-state index in [0.29, 0.717) is 6.61 Å². The highest BCUT2D eigenvalue weighted by Gasteiger charge is 2.41. The fourth-order valence-electron chi connectivity index (χ4n) is 1.65. The van der Waals surface area contributed by atoms with E-state index in [1.54, 1.807) is 0 Å². The van der Waals surface area contributed by atoms with Crippen molar-refractivity contribution in [2.45, 2.75) is 19.3 Å². The van der Waals surface area contributed by atoms with Crippen LogP contribution in [0.15, 0.2) is 24.3 Å².